The zero-order chi connectivity index (χ0) is 12.6. The monoisotopic (exact) mass is 249 g/mol. The summed E-state index contributed by atoms with van der Waals surface area (Å²) in [6, 6.07) is 4.91. The summed E-state index contributed by atoms with van der Waals surface area (Å²) in [6.45, 7) is 7.51. The highest BCUT2D eigenvalue weighted by molar-refractivity contribution is 6.31. The van der Waals surface area contributed by atoms with Crippen molar-refractivity contribution >= 4 is 34.7 Å². The predicted octanol–water partition coefficient (Wildman–Crippen LogP) is 3.55. The lowest BCUT2D eigenvalue weighted by atomic mass is 10.1. The third-order valence-electron chi connectivity index (χ3n) is 2.28. The first kappa shape index (κ1) is 11.7. The molecule has 0 bridgehead atoms. The van der Waals surface area contributed by atoms with Gasteiger partial charge in [-0.15, -0.1) is 0 Å². The molecule has 0 radical (unpaired) electrons. The standard InChI is InChI=1S/C12H12ClN3O/c1-7(2)15-16-8(3)10-6-9(13)4-5-11(10)14-12(16)17/h4-6H,3H2,1-2H3,(H,14,17). The number of anilines is 1. The number of carbonyl (C=O) groups is 1. The summed E-state index contributed by atoms with van der Waals surface area (Å²) < 4.78 is 0. The minimum Gasteiger partial charge on any atom is -0.305 e. The van der Waals surface area contributed by atoms with E-state index in [4.69, 9.17) is 11.6 Å². The Balaban J connectivity index is 2.49. The van der Waals surface area contributed by atoms with Crippen molar-refractivity contribution in [2.75, 3.05) is 5.32 Å². The van der Waals surface area contributed by atoms with E-state index in [-0.39, 0.29) is 6.03 Å². The Morgan fingerprint density at radius 1 is 1.47 bits per heavy atom. The van der Waals surface area contributed by atoms with Crippen molar-refractivity contribution in [2.24, 2.45) is 5.10 Å². The molecule has 0 saturated heterocycles. The van der Waals surface area contributed by atoms with Gasteiger partial charge in [-0.1, -0.05) is 18.2 Å². The number of amides is 2. The molecule has 88 valence electrons. The molecule has 0 saturated carbocycles. The van der Waals surface area contributed by atoms with Crippen LogP contribution in [0.3, 0.4) is 0 Å². The van der Waals surface area contributed by atoms with E-state index in [1.54, 1.807) is 18.2 Å². The smallest absolute Gasteiger partial charge is 0.305 e. The molecule has 1 N–H and O–H groups in total. The van der Waals surface area contributed by atoms with Gasteiger partial charge in [-0.3, -0.25) is 0 Å². The molecule has 1 heterocycles. The summed E-state index contributed by atoms with van der Waals surface area (Å²) in [6.07, 6.45) is 0. The fourth-order valence-corrected chi connectivity index (χ4v) is 1.75. The van der Waals surface area contributed by atoms with Gasteiger partial charge in [-0.25, -0.2) is 4.79 Å². The molecular formula is C12H12ClN3O. The largest absolute Gasteiger partial charge is 0.347 e. The van der Waals surface area contributed by atoms with Gasteiger partial charge in [0.15, 0.2) is 0 Å². The van der Waals surface area contributed by atoms with Crippen LogP contribution < -0.4 is 5.32 Å². The first-order chi connectivity index (χ1) is 7.99. The van der Waals surface area contributed by atoms with Crippen molar-refractivity contribution in [3.8, 4) is 0 Å². The van der Waals surface area contributed by atoms with E-state index in [1.165, 1.54) is 5.01 Å². The molecule has 17 heavy (non-hydrogen) atoms. The van der Waals surface area contributed by atoms with Gasteiger partial charge >= 0.3 is 6.03 Å². The van der Waals surface area contributed by atoms with Crippen LogP contribution in [0.4, 0.5) is 10.5 Å². The van der Waals surface area contributed by atoms with Gasteiger partial charge < -0.3 is 5.32 Å². The maximum absolute atomic E-state index is 11.8. The summed E-state index contributed by atoms with van der Waals surface area (Å²) in [7, 11) is 0. The Labute approximate surface area is 105 Å². The molecule has 0 aliphatic carbocycles. The number of halogens is 1. The van der Waals surface area contributed by atoms with E-state index in [0.29, 0.717) is 16.4 Å². The predicted molar refractivity (Wildman–Crippen MR) is 70.1 cm³/mol. The molecule has 0 spiro atoms. The SMILES string of the molecule is C=C1c2cc(Cl)ccc2NC(=O)N1N=C(C)C. The summed E-state index contributed by atoms with van der Waals surface area (Å²) >= 11 is 5.92. The second-order valence-corrected chi connectivity index (χ2v) is 4.36. The lowest BCUT2D eigenvalue weighted by molar-refractivity contribution is 0.231. The number of urea groups is 1. The van der Waals surface area contributed by atoms with E-state index in [9.17, 15) is 4.79 Å². The third-order valence-corrected chi connectivity index (χ3v) is 2.52. The molecule has 5 heteroatoms. The molecule has 2 amide bonds. The number of fused-ring (bicyclic) bond motifs is 1. The van der Waals surface area contributed by atoms with Gasteiger partial charge in [0.2, 0.25) is 0 Å². The molecule has 4 nitrogen and oxygen atoms in total. The van der Waals surface area contributed by atoms with Crippen molar-refractivity contribution in [2.45, 2.75) is 13.8 Å². The first-order valence-electron chi connectivity index (χ1n) is 5.11. The number of hydrogen-bond donors (Lipinski definition) is 1. The number of benzene rings is 1. The number of hydrogen-bond acceptors (Lipinski definition) is 2. The van der Waals surface area contributed by atoms with Crippen LogP contribution in [0.5, 0.6) is 0 Å². The third kappa shape index (κ3) is 2.17. The van der Waals surface area contributed by atoms with Gasteiger partial charge in [-0.2, -0.15) is 10.1 Å². The van der Waals surface area contributed by atoms with E-state index in [1.807, 2.05) is 13.8 Å². The van der Waals surface area contributed by atoms with Gasteiger partial charge in [0.1, 0.15) is 0 Å². The van der Waals surface area contributed by atoms with Crippen LogP contribution in [0.2, 0.25) is 5.02 Å². The molecule has 1 aromatic carbocycles. The minimum absolute atomic E-state index is 0.314. The number of carbonyl (C=O) groups excluding carboxylic acids is 1. The van der Waals surface area contributed by atoms with Crippen LogP contribution in [0, 0.1) is 0 Å². The van der Waals surface area contributed by atoms with Crippen LogP contribution in [0.15, 0.2) is 29.9 Å². The fourth-order valence-electron chi connectivity index (χ4n) is 1.57. The zero-order valence-electron chi connectivity index (χ0n) is 9.62. The summed E-state index contributed by atoms with van der Waals surface area (Å²) in [5, 5.41) is 8.70. The summed E-state index contributed by atoms with van der Waals surface area (Å²) in [5.74, 6) is 0. The highest BCUT2D eigenvalue weighted by atomic mass is 35.5. The average Bonchev–Trinajstić information content (AvgIpc) is 2.25. The Bertz CT molecular complexity index is 533. The number of rotatable bonds is 1. The number of hydrazone groups is 1. The van der Waals surface area contributed by atoms with Gasteiger partial charge in [-0.05, 0) is 32.0 Å². The average molecular weight is 250 g/mol. The van der Waals surface area contributed by atoms with Crippen molar-refractivity contribution in [3.05, 3.63) is 35.4 Å². The molecule has 1 aliphatic rings. The Kier molecular flexibility index (Phi) is 2.90. The zero-order valence-corrected chi connectivity index (χ0v) is 10.4. The highest BCUT2D eigenvalue weighted by Crippen LogP contribution is 2.33. The molecular weight excluding hydrogens is 238 g/mol. The van der Waals surface area contributed by atoms with Crippen LogP contribution in [0.1, 0.15) is 19.4 Å². The minimum atomic E-state index is -0.314. The van der Waals surface area contributed by atoms with Crippen molar-refractivity contribution in [1.82, 2.24) is 5.01 Å². The fraction of sp³-hybridized carbons (Fsp3) is 0.167. The van der Waals surface area contributed by atoms with Crippen LogP contribution in [-0.2, 0) is 0 Å². The second kappa shape index (κ2) is 4.22. The quantitative estimate of drug-likeness (QED) is 0.760. The van der Waals surface area contributed by atoms with Crippen LogP contribution in [-0.4, -0.2) is 16.8 Å². The van der Waals surface area contributed by atoms with Gasteiger partial charge in [0.25, 0.3) is 0 Å². The second-order valence-electron chi connectivity index (χ2n) is 3.93. The lowest BCUT2D eigenvalue weighted by Gasteiger charge is -2.27. The van der Waals surface area contributed by atoms with Crippen LogP contribution >= 0.6 is 11.6 Å². The van der Waals surface area contributed by atoms with E-state index < -0.39 is 0 Å². The molecule has 0 aromatic heterocycles. The van der Waals surface area contributed by atoms with E-state index in [0.717, 1.165) is 11.3 Å². The molecule has 1 aromatic rings. The first-order valence-corrected chi connectivity index (χ1v) is 5.48. The van der Waals surface area contributed by atoms with Gasteiger partial charge in [0.05, 0.1) is 11.4 Å². The maximum atomic E-state index is 11.8. The maximum Gasteiger partial charge on any atom is 0.347 e. The highest BCUT2D eigenvalue weighted by Gasteiger charge is 2.26. The van der Waals surface area contributed by atoms with Crippen LogP contribution in [0.25, 0.3) is 5.70 Å². The molecule has 0 unspecified atom stereocenters. The van der Waals surface area contributed by atoms with E-state index in [2.05, 4.69) is 17.0 Å². The van der Waals surface area contributed by atoms with Crippen molar-refractivity contribution in [1.29, 1.82) is 0 Å². The Hall–Kier alpha value is -1.81. The number of nitrogens with zero attached hydrogens (tertiary/aromatic N) is 2. The Morgan fingerprint density at radius 3 is 2.82 bits per heavy atom. The molecule has 2 rings (SSSR count). The summed E-state index contributed by atoms with van der Waals surface area (Å²) in [5.41, 5.74) is 2.77. The number of nitrogens with one attached hydrogen (secondary N) is 1. The lowest BCUT2D eigenvalue weighted by Crippen LogP contribution is -2.34. The van der Waals surface area contributed by atoms with E-state index >= 15 is 0 Å². The molecule has 1 aliphatic heterocycles. The normalized spacial score (nSPS) is 14.2. The molecule has 0 fully saturated rings. The molecule has 0 atom stereocenters. The topological polar surface area (TPSA) is 44.7 Å². The van der Waals surface area contributed by atoms with Gasteiger partial charge in [0, 0.05) is 16.3 Å². The summed E-state index contributed by atoms with van der Waals surface area (Å²) in [4.78, 5) is 11.8. The van der Waals surface area contributed by atoms with Crippen molar-refractivity contribution < 1.29 is 4.79 Å². The van der Waals surface area contributed by atoms with Crippen molar-refractivity contribution in [3.63, 3.8) is 0 Å². The Morgan fingerprint density at radius 2 is 2.18 bits per heavy atom.